The van der Waals surface area contributed by atoms with E-state index in [-0.39, 0.29) is 0 Å². The summed E-state index contributed by atoms with van der Waals surface area (Å²) in [6.07, 6.45) is 3.88. The van der Waals surface area contributed by atoms with Crippen LogP contribution in [0, 0.1) is 0 Å². The van der Waals surface area contributed by atoms with Gasteiger partial charge in [-0.05, 0) is 11.6 Å². The average Bonchev–Trinajstić information content (AvgIpc) is 2.20. The van der Waals surface area contributed by atoms with E-state index in [1.165, 1.54) is 0 Å². The fraction of sp³-hybridized carbons (Fsp3) is 0. The Morgan fingerprint density at radius 2 is 1.11 bits per heavy atom. The molecule has 8 nitrogen and oxygen atoms in total. The van der Waals surface area contributed by atoms with Gasteiger partial charge in [-0.2, -0.15) is 0 Å². The van der Waals surface area contributed by atoms with Crippen molar-refractivity contribution in [2.24, 2.45) is 0 Å². The zero-order chi connectivity index (χ0) is 15.2. The van der Waals surface area contributed by atoms with Gasteiger partial charge in [-0.15, -0.1) is 0 Å². The first-order valence-corrected chi connectivity index (χ1v) is 9.18. The summed E-state index contributed by atoms with van der Waals surface area (Å²) in [5.74, 6) is 0.784. The van der Waals surface area contributed by atoms with Crippen LogP contribution in [0.3, 0.4) is 0 Å². The third-order valence-electron chi connectivity index (χ3n) is 1.24. The summed E-state index contributed by atoms with van der Waals surface area (Å²) in [4.78, 5) is 33.3. The van der Waals surface area contributed by atoms with Crippen molar-refractivity contribution < 1.29 is 37.0 Å². The number of rotatable bonds is 8. The van der Waals surface area contributed by atoms with Crippen LogP contribution in [0.2, 0.25) is 0 Å². The maximum absolute atomic E-state index is 11.1. The third kappa shape index (κ3) is 9.05. The third-order valence-corrected chi connectivity index (χ3v) is 5.73. The highest BCUT2D eigenvalue weighted by Gasteiger charge is 2.21. The molecular formula is C8H10O8P3-3. The lowest BCUT2D eigenvalue weighted by Gasteiger charge is -2.33. The van der Waals surface area contributed by atoms with Gasteiger partial charge in [0.05, 0.1) is 0 Å². The minimum Gasteiger partial charge on any atom is -0.775 e. The molecule has 0 aliphatic carbocycles. The van der Waals surface area contributed by atoms with Crippen molar-refractivity contribution in [1.82, 2.24) is 0 Å². The molecule has 0 heterocycles. The SMILES string of the molecule is C=C/C=C/P(=O)([O-])OP(=O)([O-])OP(=O)([O-])/C=C/C=C. The van der Waals surface area contributed by atoms with Gasteiger partial charge < -0.3 is 23.8 Å². The molecule has 0 saturated carbocycles. The van der Waals surface area contributed by atoms with Crippen molar-refractivity contribution >= 4 is 23.0 Å². The zero-order valence-corrected chi connectivity index (χ0v) is 12.2. The lowest BCUT2D eigenvalue weighted by molar-refractivity contribution is -0.233. The first-order chi connectivity index (χ1) is 8.54. The van der Waals surface area contributed by atoms with Crippen molar-refractivity contribution in [3.63, 3.8) is 0 Å². The summed E-state index contributed by atoms with van der Waals surface area (Å²) >= 11 is 0. The van der Waals surface area contributed by atoms with Crippen molar-refractivity contribution in [3.8, 4) is 0 Å². The second kappa shape index (κ2) is 7.29. The molecule has 2 atom stereocenters. The Hall–Kier alpha value is -0.550. The molecule has 0 aromatic carbocycles. The van der Waals surface area contributed by atoms with Crippen LogP contribution >= 0.6 is 23.0 Å². The van der Waals surface area contributed by atoms with E-state index in [2.05, 4.69) is 21.8 Å². The predicted octanol–water partition coefficient (Wildman–Crippen LogP) is 0.994. The van der Waals surface area contributed by atoms with Gasteiger partial charge in [-0.3, -0.25) is 13.2 Å². The topological polar surface area (TPSA) is 139 Å². The van der Waals surface area contributed by atoms with E-state index in [4.69, 9.17) is 0 Å². The Bertz CT molecular complexity index is 490. The first kappa shape index (κ1) is 18.4. The molecule has 0 aliphatic heterocycles. The van der Waals surface area contributed by atoms with Crippen LogP contribution in [0.5, 0.6) is 0 Å². The minimum atomic E-state index is -5.59. The number of hydrogen-bond donors (Lipinski definition) is 0. The first-order valence-electron chi connectivity index (χ1n) is 4.49. The largest absolute Gasteiger partial charge is 0.775 e. The van der Waals surface area contributed by atoms with Crippen LogP contribution in [0.15, 0.2) is 49.1 Å². The maximum Gasteiger partial charge on any atom is 0.278 e. The van der Waals surface area contributed by atoms with E-state index in [0.29, 0.717) is 11.6 Å². The summed E-state index contributed by atoms with van der Waals surface area (Å²) in [6, 6.07) is 0. The monoisotopic (exact) mass is 327 g/mol. The molecule has 0 aromatic heterocycles. The number of hydrogen-bond acceptors (Lipinski definition) is 8. The van der Waals surface area contributed by atoms with Crippen molar-refractivity contribution in [2.75, 3.05) is 0 Å². The fourth-order valence-corrected chi connectivity index (χ4v) is 4.40. The molecule has 0 N–H and O–H groups in total. The Kier molecular flexibility index (Phi) is 7.08. The van der Waals surface area contributed by atoms with Gasteiger partial charge in [-0.25, -0.2) is 0 Å². The quantitative estimate of drug-likeness (QED) is 0.475. The van der Waals surface area contributed by atoms with Crippen LogP contribution in [-0.2, 0) is 22.3 Å². The molecule has 0 rings (SSSR count). The minimum absolute atomic E-state index is 0.392. The lowest BCUT2D eigenvalue weighted by atomic mass is 10.6. The lowest BCUT2D eigenvalue weighted by Crippen LogP contribution is -2.12. The summed E-state index contributed by atoms with van der Waals surface area (Å²) < 4.78 is 40.6. The van der Waals surface area contributed by atoms with Crippen LogP contribution in [0.4, 0.5) is 0 Å². The highest BCUT2D eigenvalue weighted by Crippen LogP contribution is 2.63. The maximum atomic E-state index is 11.1. The Morgan fingerprint density at radius 3 is 1.37 bits per heavy atom. The van der Waals surface area contributed by atoms with Gasteiger partial charge in [0, 0.05) is 0 Å². The van der Waals surface area contributed by atoms with Gasteiger partial charge in [0.1, 0.15) is 0 Å². The Morgan fingerprint density at radius 1 is 0.789 bits per heavy atom. The van der Waals surface area contributed by atoms with Crippen molar-refractivity contribution in [2.45, 2.75) is 0 Å². The molecule has 0 amide bonds. The van der Waals surface area contributed by atoms with E-state index in [0.717, 1.165) is 24.3 Å². The highest BCUT2D eigenvalue weighted by atomic mass is 31.3. The van der Waals surface area contributed by atoms with Crippen molar-refractivity contribution in [1.29, 1.82) is 0 Å². The van der Waals surface area contributed by atoms with Crippen LogP contribution in [0.25, 0.3) is 0 Å². The normalized spacial score (nSPS) is 21.6. The molecule has 11 heteroatoms. The number of allylic oxidation sites excluding steroid dienone is 4. The van der Waals surface area contributed by atoms with E-state index in [9.17, 15) is 28.4 Å². The highest BCUT2D eigenvalue weighted by molar-refractivity contribution is 7.70. The molecule has 19 heavy (non-hydrogen) atoms. The summed E-state index contributed by atoms with van der Waals surface area (Å²) in [5.41, 5.74) is 0. The second-order valence-corrected chi connectivity index (χ2v) is 7.80. The van der Waals surface area contributed by atoms with Crippen LogP contribution < -0.4 is 14.7 Å². The number of phosphoric acid groups is 1. The van der Waals surface area contributed by atoms with Gasteiger partial charge in [0.25, 0.3) is 7.82 Å². The Labute approximate surface area is 110 Å². The molecule has 108 valence electrons. The molecule has 0 radical (unpaired) electrons. The molecular weight excluding hydrogens is 317 g/mol. The van der Waals surface area contributed by atoms with Crippen LogP contribution in [0.1, 0.15) is 0 Å². The van der Waals surface area contributed by atoms with Gasteiger partial charge in [-0.1, -0.05) is 37.5 Å². The van der Waals surface area contributed by atoms with E-state index in [1.807, 2.05) is 0 Å². The molecule has 0 spiro atoms. The standard InChI is InChI=1S/C8H13O8P3/c1-3-5-7-17(9,10)15-19(13,14)16-18(11,12)8-6-4-2/h3-8H,1-2H2,(H,9,10)(H,11,12)(H,13,14)/p-3/b7-5+,8-6+. The zero-order valence-electron chi connectivity index (χ0n) is 9.49. The molecule has 0 saturated heterocycles. The molecule has 0 aliphatic rings. The molecule has 0 fully saturated rings. The van der Waals surface area contributed by atoms with Gasteiger partial charge in [0.15, 0.2) is 15.2 Å². The fourth-order valence-electron chi connectivity index (χ4n) is 0.681. The second-order valence-electron chi connectivity index (χ2n) is 2.84. The molecule has 0 aromatic rings. The predicted molar refractivity (Wildman–Crippen MR) is 63.7 cm³/mol. The molecule has 2 unspecified atom stereocenters. The summed E-state index contributed by atoms with van der Waals surface area (Å²) in [7, 11) is -15.5. The van der Waals surface area contributed by atoms with Gasteiger partial charge in [0.2, 0.25) is 0 Å². The summed E-state index contributed by atoms with van der Waals surface area (Å²) in [6.45, 7) is 6.32. The van der Waals surface area contributed by atoms with Crippen molar-refractivity contribution in [3.05, 3.63) is 49.1 Å². The Balaban J connectivity index is 4.96. The molecule has 0 bridgehead atoms. The smallest absolute Gasteiger partial charge is 0.278 e. The van der Waals surface area contributed by atoms with Crippen LogP contribution in [-0.4, -0.2) is 0 Å². The average molecular weight is 327 g/mol. The van der Waals surface area contributed by atoms with E-state index < -0.39 is 23.0 Å². The van der Waals surface area contributed by atoms with Gasteiger partial charge >= 0.3 is 0 Å². The summed E-state index contributed by atoms with van der Waals surface area (Å²) in [5, 5.41) is 0. The van der Waals surface area contributed by atoms with E-state index >= 15 is 0 Å². The van der Waals surface area contributed by atoms with E-state index in [1.54, 1.807) is 0 Å².